The fourth-order valence-electron chi connectivity index (χ4n) is 4.84. The van der Waals surface area contributed by atoms with Gasteiger partial charge in [-0.3, -0.25) is 0 Å². The van der Waals surface area contributed by atoms with Crippen LogP contribution < -0.4 is 0 Å². The Morgan fingerprint density at radius 3 is 1.73 bits per heavy atom. The molecule has 15 heavy (non-hydrogen) atoms. The molecule has 4 aliphatic rings. The van der Waals surface area contributed by atoms with E-state index in [4.69, 9.17) is 0 Å². The first-order chi connectivity index (χ1) is 6.94. The van der Waals surface area contributed by atoms with Gasteiger partial charge in [0.25, 0.3) is 0 Å². The molecule has 0 atom stereocenters. The zero-order valence-electron chi connectivity index (χ0n) is 8.81. The van der Waals surface area contributed by atoms with Gasteiger partial charge in [0.15, 0.2) is 0 Å². The van der Waals surface area contributed by atoms with Crippen LogP contribution in [-0.2, 0) is 10.1 Å². The lowest BCUT2D eigenvalue weighted by Gasteiger charge is -2.57. The third-order valence-electron chi connectivity index (χ3n) is 4.65. The van der Waals surface area contributed by atoms with E-state index in [1.54, 1.807) is 0 Å². The summed E-state index contributed by atoms with van der Waals surface area (Å²) in [5.41, 5.74) is -0.116. The Balaban J connectivity index is 1.87. The summed E-state index contributed by atoms with van der Waals surface area (Å²) in [4.78, 5) is 0. The third-order valence-corrected chi connectivity index (χ3v) is 5.61. The fourth-order valence-corrected chi connectivity index (χ4v) is 5.95. The Hall–Kier alpha value is -0.0900. The van der Waals surface area contributed by atoms with Crippen molar-refractivity contribution in [2.75, 3.05) is 5.75 Å². The van der Waals surface area contributed by atoms with E-state index < -0.39 is 10.1 Å². The first-order valence-electron chi connectivity index (χ1n) is 5.88. The highest BCUT2D eigenvalue weighted by atomic mass is 32.2. The Bertz CT molecular complexity index is 336. The minimum absolute atomic E-state index is 0.0937. The summed E-state index contributed by atoms with van der Waals surface area (Å²) in [6.07, 6.45) is 6.87. The van der Waals surface area contributed by atoms with E-state index >= 15 is 0 Å². The van der Waals surface area contributed by atoms with Crippen molar-refractivity contribution in [2.24, 2.45) is 23.2 Å². The maximum atomic E-state index is 11.0. The maximum absolute atomic E-state index is 11.0. The van der Waals surface area contributed by atoms with Gasteiger partial charge >= 0.3 is 0 Å². The van der Waals surface area contributed by atoms with Gasteiger partial charge in [0.05, 0.1) is 10.1 Å². The van der Waals surface area contributed by atoms with Crippen molar-refractivity contribution in [1.82, 2.24) is 0 Å². The first kappa shape index (κ1) is 10.1. The Morgan fingerprint density at radius 1 is 1.00 bits per heavy atom. The number of rotatable bonds is 2. The minimum atomic E-state index is -4.04. The monoisotopic (exact) mass is 229 g/mol. The molecule has 0 spiro atoms. The summed E-state index contributed by atoms with van der Waals surface area (Å²) in [7, 11) is -4.04. The molecular formula is C11H17O3S-. The average molecular weight is 229 g/mol. The molecule has 0 heterocycles. The molecule has 3 nitrogen and oxygen atoms in total. The van der Waals surface area contributed by atoms with Crippen molar-refractivity contribution < 1.29 is 13.0 Å². The van der Waals surface area contributed by atoms with Crippen molar-refractivity contribution in [3.05, 3.63) is 0 Å². The minimum Gasteiger partial charge on any atom is -0.748 e. The summed E-state index contributed by atoms with van der Waals surface area (Å²) >= 11 is 0. The largest absolute Gasteiger partial charge is 0.748 e. The van der Waals surface area contributed by atoms with E-state index in [1.807, 2.05) is 0 Å². The van der Waals surface area contributed by atoms with Gasteiger partial charge in [0.2, 0.25) is 0 Å². The lowest BCUT2D eigenvalue weighted by atomic mass is 9.50. The summed E-state index contributed by atoms with van der Waals surface area (Å²) in [5, 5.41) is 0. The van der Waals surface area contributed by atoms with E-state index in [1.165, 1.54) is 19.3 Å². The van der Waals surface area contributed by atoms with Crippen LogP contribution in [0.1, 0.15) is 38.5 Å². The molecule has 4 rings (SSSR count). The van der Waals surface area contributed by atoms with Gasteiger partial charge in [-0.1, -0.05) is 0 Å². The molecule has 0 aliphatic heterocycles. The predicted molar refractivity (Wildman–Crippen MR) is 55.2 cm³/mol. The van der Waals surface area contributed by atoms with Crippen LogP contribution in [0, 0.1) is 23.2 Å². The van der Waals surface area contributed by atoms with Crippen LogP contribution in [0.2, 0.25) is 0 Å². The van der Waals surface area contributed by atoms with Crippen molar-refractivity contribution in [1.29, 1.82) is 0 Å². The molecular weight excluding hydrogens is 212 g/mol. The Morgan fingerprint density at radius 2 is 1.40 bits per heavy atom. The molecule has 86 valence electrons. The van der Waals surface area contributed by atoms with Gasteiger partial charge in [-0.25, -0.2) is 8.42 Å². The van der Waals surface area contributed by atoms with E-state index in [2.05, 4.69) is 0 Å². The molecule has 4 fully saturated rings. The smallest absolute Gasteiger partial charge is 0.0951 e. The van der Waals surface area contributed by atoms with Gasteiger partial charge < -0.3 is 4.55 Å². The van der Waals surface area contributed by atoms with Crippen LogP contribution in [0.4, 0.5) is 0 Å². The molecule has 4 heteroatoms. The highest BCUT2D eigenvalue weighted by Gasteiger charge is 2.51. The van der Waals surface area contributed by atoms with Crippen molar-refractivity contribution in [2.45, 2.75) is 38.5 Å². The molecule has 4 bridgehead atoms. The fraction of sp³-hybridized carbons (Fsp3) is 1.00. The Kier molecular flexibility index (Phi) is 2.00. The topological polar surface area (TPSA) is 57.2 Å². The second-order valence-electron chi connectivity index (χ2n) is 6.12. The highest BCUT2D eigenvalue weighted by Crippen LogP contribution is 2.60. The third kappa shape index (κ3) is 1.82. The van der Waals surface area contributed by atoms with Crippen LogP contribution in [0.3, 0.4) is 0 Å². The molecule has 4 aliphatic carbocycles. The van der Waals surface area contributed by atoms with Gasteiger partial charge in [-0.15, -0.1) is 0 Å². The molecule has 0 radical (unpaired) electrons. The van der Waals surface area contributed by atoms with E-state index in [-0.39, 0.29) is 11.2 Å². The summed E-state index contributed by atoms with van der Waals surface area (Å²) in [6.45, 7) is 0. The number of hydrogen-bond acceptors (Lipinski definition) is 3. The van der Waals surface area contributed by atoms with Gasteiger partial charge in [0, 0.05) is 5.75 Å². The van der Waals surface area contributed by atoms with Gasteiger partial charge in [-0.2, -0.15) is 0 Å². The normalized spacial score (nSPS) is 48.5. The van der Waals surface area contributed by atoms with Gasteiger partial charge in [-0.05, 0) is 61.7 Å². The van der Waals surface area contributed by atoms with Crippen LogP contribution in [0.15, 0.2) is 0 Å². The average Bonchev–Trinajstić information content (AvgIpc) is 1.94. The quantitative estimate of drug-likeness (QED) is 0.678. The van der Waals surface area contributed by atoms with Crippen molar-refractivity contribution in [3.63, 3.8) is 0 Å². The molecule has 0 amide bonds. The molecule has 4 saturated carbocycles. The molecule has 0 aromatic rings. The summed E-state index contributed by atoms with van der Waals surface area (Å²) in [5.74, 6) is 2.07. The molecule has 0 aromatic carbocycles. The van der Waals surface area contributed by atoms with Crippen LogP contribution in [0.25, 0.3) is 0 Å². The first-order valence-corrected chi connectivity index (χ1v) is 7.45. The van der Waals surface area contributed by atoms with Crippen LogP contribution in [0.5, 0.6) is 0 Å². The van der Waals surface area contributed by atoms with E-state index in [0.717, 1.165) is 37.0 Å². The van der Waals surface area contributed by atoms with Crippen molar-refractivity contribution >= 4 is 10.1 Å². The number of hydrogen-bond donors (Lipinski definition) is 0. The van der Waals surface area contributed by atoms with Crippen LogP contribution >= 0.6 is 0 Å². The zero-order valence-corrected chi connectivity index (χ0v) is 9.63. The molecule has 0 saturated heterocycles. The zero-order chi connectivity index (χ0) is 10.7. The Labute approximate surface area is 91.0 Å². The highest BCUT2D eigenvalue weighted by molar-refractivity contribution is 7.85. The molecule has 0 aromatic heterocycles. The van der Waals surface area contributed by atoms with E-state index in [0.29, 0.717) is 0 Å². The second kappa shape index (κ2) is 2.98. The SMILES string of the molecule is O=S(=O)([O-])CC12CC3CC(CC(C3)C1)C2. The van der Waals surface area contributed by atoms with Crippen LogP contribution in [-0.4, -0.2) is 18.7 Å². The van der Waals surface area contributed by atoms with Crippen molar-refractivity contribution in [3.8, 4) is 0 Å². The van der Waals surface area contributed by atoms with E-state index in [9.17, 15) is 13.0 Å². The van der Waals surface area contributed by atoms with Gasteiger partial charge in [0.1, 0.15) is 0 Å². The maximum Gasteiger partial charge on any atom is 0.0951 e. The summed E-state index contributed by atoms with van der Waals surface area (Å²) in [6, 6.07) is 0. The standard InChI is InChI=1S/C11H18O3S/c12-15(13,14)7-11-4-8-1-9(5-11)3-10(2-8)6-11/h8-10H,1-7H2,(H,12,13,14)/p-1. The summed E-state index contributed by atoms with van der Waals surface area (Å²) < 4.78 is 32.9. The molecule has 0 unspecified atom stereocenters. The lowest BCUT2D eigenvalue weighted by molar-refractivity contribution is -0.0397. The second-order valence-corrected chi connectivity index (χ2v) is 7.52. The molecule has 0 N–H and O–H groups in total. The lowest BCUT2D eigenvalue weighted by Crippen LogP contribution is -2.49. The predicted octanol–water partition coefficient (Wildman–Crippen LogP) is 1.75.